The quantitative estimate of drug-likeness (QED) is 0.565. The Morgan fingerprint density at radius 1 is 1.57 bits per heavy atom. The molecule has 14 heavy (non-hydrogen) atoms. The Bertz CT molecular complexity index is 267. The molecule has 1 rings (SSSR count). The molecule has 0 spiro atoms. The Morgan fingerprint density at radius 3 is 2.79 bits per heavy atom. The molecule has 1 saturated heterocycles. The number of hydrogen-bond acceptors (Lipinski definition) is 4. The van der Waals surface area contributed by atoms with Crippen LogP contribution >= 0.6 is 0 Å². The lowest BCUT2D eigenvalue weighted by Gasteiger charge is -2.13. The molecular formula is C7H16N2O4S. The van der Waals surface area contributed by atoms with Crippen molar-refractivity contribution in [3.63, 3.8) is 0 Å². The van der Waals surface area contributed by atoms with Crippen LogP contribution in [0.25, 0.3) is 0 Å². The van der Waals surface area contributed by atoms with Crippen LogP contribution in [0.15, 0.2) is 0 Å². The molecule has 0 radical (unpaired) electrons. The van der Waals surface area contributed by atoms with Crippen molar-refractivity contribution in [2.45, 2.75) is 18.9 Å². The van der Waals surface area contributed by atoms with E-state index >= 15 is 0 Å². The van der Waals surface area contributed by atoms with Crippen molar-refractivity contribution in [1.29, 1.82) is 0 Å². The fourth-order valence-electron chi connectivity index (χ4n) is 1.38. The zero-order chi connectivity index (χ0) is 10.6. The SMILES string of the molecule is NS(=O)(=O)N1CCC(OCCCO)C1. The summed E-state index contributed by atoms with van der Waals surface area (Å²) in [5, 5.41) is 13.5. The summed E-state index contributed by atoms with van der Waals surface area (Å²) in [6.45, 7) is 1.29. The Hall–Kier alpha value is -0.210. The zero-order valence-corrected chi connectivity index (χ0v) is 8.74. The first-order valence-electron chi connectivity index (χ1n) is 4.54. The third-order valence-electron chi connectivity index (χ3n) is 2.12. The molecule has 1 aliphatic heterocycles. The van der Waals surface area contributed by atoms with E-state index in [1.54, 1.807) is 0 Å². The van der Waals surface area contributed by atoms with Gasteiger partial charge in [0, 0.05) is 26.3 Å². The molecule has 0 amide bonds. The van der Waals surface area contributed by atoms with E-state index in [2.05, 4.69) is 0 Å². The molecule has 6 nitrogen and oxygen atoms in total. The van der Waals surface area contributed by atoms with E-state index in [-0.39, 0.29) is 12.7 Å². The van der Waals surface area contributed by atoms with Gasteiger partial charge in [0.2, 0.25) is 0 Å². The summed E-state index contributed by atoms with van der Waals surface area (Å²) < 4.78 is 28.4. The molecule has 0 aromatic rings. The van der Waals surface area contributed by atoms with Crippen molar-refractivity contribution in [3.05, 3.63) is 0 Å². The number of aliphatic hydroxyl groups excluding tert-OH is 1. The van der Waals surface area contributed by atoms with Crippen LogP contribution in [0.2, 0.25) is 0 Å². The topological polar surface area (TPSA) is 92.9 Å². The summed E-state index contributed by atoms with van der Waals surface area (Å²) >= 11 is 0. The van der Waals surface area contributed by atoms with Gasteiger partial charge in [-0.2, -0.15) is 12.7 Å². The maximum atomic E-state index is 10.9. The monoisotopic (exact) mass is 224 g/mol. The third-order valence-corrected chi connectivity index (χ3v) is 3.18. The maximum Gasteiger partial charge on any atom is 0.276 e. The van der Waals surface area contributed by atoms with Crippen molar-refractivity contribution < 1.29 is 18.3 Å². The second-order valence-electron chi connectivity index (χ2n) is 3.26. The van der Waals surface area contributed by atoms with Crippen LogP contribution in [0.4, 0.5) is 0 Å². The second kappa shape index (κ2) is 5.04. The highest BCUT2D eigenvalue weighted by Gasteiger charge is 2.29. The lowest BCUT2D eigenvalue weighted by molar-refractivity contribution is 0.0537. The summed E-state index contributed by atoms with van der Waals surface area (Å²) in [7, 11) is -3.56. The van der Waals surface area contributed by atoms with E-state index < -0.39 is 10.2 Å². The van der Waals surface area contributed by atoms with Gasteiger partial charge in [-0.05, 0) is 12.8 Å². The number of aliphatic hydroxyl groups is 1. The highest BCUT2D eigenvalue weighted by atomic mass is 32.2. The first kappa shape index (κ1) is 11.9. The largest absolute Gasteiger partial charge is 0.396 e. The van der Waals surface area contributed by atoms with E-state index in [0.717, 1.165) is 0 Å². The van der Waals surface area contributed by atoms with Crippen LogP contribution in [0.5, 0.6) is 0 Å². The molecule has 0 aromatic heterocycles. The van der Waals surface area contributed by atoms with E-state index in [9.17, 15) is 8.42 Å². The van der Waals surface area contributed by atoms with Gasteiger partial charge in [-0.1, -0.05) is 0 Å². The lowest BCUT2D eigenvalue weighted by Crippen LogP contribution is -2.35. The smallest absolute Gasteiger partial charge is 0.276 e. The number of rotatable bonds is 5. The summed E-state index contributed by atoms with van der Waals surface area (Å²) in [5.41, 5.74) is 0. The number of nitrogens with two attached hydrogens (primary N) is 1. The van der Waals surface area contributed by atoms with Crippen LogP contribution in [0.3, 0.4) is 0 Å². The highest BCUT2D eigenvalue weighted by molar-refractivity contribution is 7.86. The molecule has 1 aliphatic rings. The Kier molecular flexibility index (Phi) is 4.27. The van der Waals surface area contributed by atoms with Crippen LogP contribution in [0.1, 0.15) is 12.8 Å². The minimum atomic E-state index is -3.56. The normalized spacial score (nSPS) is 24.3. The van der Waals surface area contributed by atoms with E-state index in [1.807, 2.05) is 0 Å². The van der Waals surface area contributed by atoms with Crippen molar-refractivity contribution in [2.24, 2.45) is 5.14 Å². The predicted molar refractivity (Wildman–Crippen MR) is 50.7 cm³/mol. The summed E-state index contributed by atoms with van der Waals surface area (Å²) in [6.07, 6.45) is 1.16. The Labute approximate surface area is 83.8 Å². The molecular weight excluding hydrogens is 208 g/mol. The average molecular weight is 224 g/mol. The minimum Gasteiger partial charge on any atom is -0.396 e. The van der Waals surface area contributed by atoms with Crippen molar-refractivity contribution in [3.8, 4) is 0 Å². The summed E-state index contributed by atoms with van der Waals surface area (Å²) in [4.78, 5) is 0. The van der Waals surface area contributed by atoms with Crippen molar-refractivity contribution in [1.82, 2.24) is 4.31 Å². The highest BCUT2D eigenvalue weighted by Crippen LogP contribution is 2.14. The van der Waals surface area contributed by atoms with Gasteiger partial charge in [0.15, 0.2) is 0 Å². The standard InChI is InChI=1S/C7H16N2O4S/c8-14(11,12)9-3-2-7(6-9)13-5-1-4-10/h7,10H,1-6H2,(H2,8,11,12). The predicted octanol–water partition coefficient (Wildman–Crippen LogP) is -1.34. The molecule has 1 heterocycles. The molecule has 0 saturated carbocycles. The molecule has 3 N–H and O–H groups in total. The third kappa shape index (κ3) is 3.50. The minimum absolute atomic E-state index is 0.0834. The number of hydrogen-bond donors (Lipinski definition) is 2. The van der Waals surface area contributed by atoms with Gasteiger partial charge in [0.1, 0.15) is 0 Å². The Balaban J connectivity index is 2.28. The van der Waals surface area contributed by atoms with Gasteiger partial charge >= 0.3 is 0 Å². The van der Waals surface area contributed by atoms with Crippen LogP contribution in [-0.4, -0.2) is 50.2 Å². The van der Waals surface area contributed by atoms with Gasteiger partial charge in [0.05, 0.1) is 6.10 Å². The first-order valence-corrected chi connectivity index (χ1v) is 6.04. The fourth-order valence-corrected chi connectivity index (χ4v) is 2.11. The van der Waals surface area contributed by atoms with Gasteiger partial charge in [0.25, 0.3) is 10.2 Å². The lowest BCUT2D eigenvalue weighted by atomic mass is 10.3. The van der Waals surface area contributed by atoms with E-state index in [4.69, 9.17) is 15.0 Å². The molecule has 0 aliphatic carbocycles. The molecule has 1 fully saturated rings. The van der Waals surface area contributed by atoms with Crippen LogP contribution < -0.4 is 5.14 Å². The fraction of sp³-hybridized carbons (Fsp3) is 1.00. The average Bonchev–Trinajstić information content (AvgIpc) is 2.52. The van der Waals surface area contributed by atoms with Gasteiger partial charge in [-0.3, -0.25) is 0 Å². The second-order valence-corrected chi connectivity index (χ2v) is 4.81. The molecule has 0 aromatic carbocycles. The summed E-state index contributed by atoms with van der Waals surface area (Å²) in [6, 6.07) is 0. The van der Waals surface area contributed by atoms with Gasteiger partial charge in [-0.25, -0.2) is 5.14 Å². The zero-order valence-electron chi connectivity index (χ0n) is 7.92. The van der Waals surface area contributed by atoms with E-state index in [0.29, 0.717) is 32.5 Å². The van der Waals surface area contributed by atoms with Crippen molar-refractivity contribution >= 4 is 10.2 Å². The number of ether oxygens (including phenoxy) is 1. The van der Waals surface area contributed by atoms with Gasteiger partial charge in [-0.15, -0.1) is 0 Å². The van der Waals surface area contributed by atoms with Gasteiger partial charge < -0.3 is 9.84 Å². The maximum absolute atomic E-state index is 10.9. The van der Waals surface area contributed by atoms with E-state index in [1.165, 1.54) is 4.31 Å². The molecule has 84 valence electrons. The Morgan fingerprint density at radius 2 is 2.29 bits per heavy atom. The van der Waals surface area contributed by atoms with Crippen LogP contribution in [0, 0.1) is 0 Å². The molecule has 1 unspecified atom stereocenters. The molecule has 0 bridgehead atoms. The first-order chi connectivity index (χ1) is 6.54. The van der Waals surface area contributed by atoms with Crippen molar-refractivity contribution in [2.75, 3.05) is 26.3 Å². The molecule has 1 atom stereocenters. The molecule has 7 heteroatoms. The number of nitrogens with zero attached hydrogens (tertiary/aromatic N) is 1. The summed E-state index contributed by atoms with van der Waals surface area (Å²) in [5.74, 6) is 0. The van der Waals surface area contributed by atoms with Crippen LogP contribution in [-0.2, 0) is 14.9 Å².